The second-order valence-electron chi connectivity index (χ2n) is 4.61. The summed E-state index contributed by atoms with van der Waals surface area (Å²) in [6.45, 7) is 2.53. The predicted molar refractivity (Wildman–Crippen MR) is 72.6 cm³/mol. The van der Waals surface area contributed by atoms with Gasteiger partial charge in [0.05, 0.1) is 12.5 Å². The summed E-state index contributed by atoms with van der Waals surface area (Å²) in [4.78, 5) is 0. The fraction of sp³-hybridized carbons (Fsp3) is 0.571. The summed E-state index contributed by atoms with van der Waals surface area (Å²) in [5.74, 6) is 0.797. The van der Waals surface area contributed by atoms with Crippen molar-refractivity contribution in [2.45, 2.75) is 31.8 Å². The van der Waals surface area contributed by atoms with E-state index in [4.69, 9.17) is 16.3 Å². The van der Waals surface area contributed by atoms with Crippen LogP contribution in [0.25, 0.3) is 0 Å². The van der Waals surface area contributed by atoms with Crippen molar-refractivity contribution in [3.63, 3.8) is 0 Å². The summed E-state index contributed by atoms with van der Waals surface area (Å²) in [7, 11) is 1.60. The Morgan fingerprint density at radius 1 is 1.20 bits per heavy atom. The Kier molecular flexibility index (Phi) is 6.14. The molecule has 2 nitrogen and oxygen atoms in total. The van der Waals surface area contributed by atoms with Crippen molar-refractivity contribution < 1.29 is 22.6 Å². The van der Waals surface area contributed by atoms with E-state index in [1.807, 2.05) is 26.0 Å². The van der Waals surface area contributed by atoms with Crippen LogP contribution in [0.5, 0.6) is 5.75 Å². The number of rotatable bonds is 6. The summed E-state index contributed by atoms with van der Waals surface area (Å²) >= 11 is 6.19. The van der Waals surface area contributed by atoms with Crippen LogP contribution in [0.4, 0.5) is 13.2 Å². The lowest BCUT2D eigenvalue weighted by molar-refractivity contribution is -0.174. The normalized spacial score (nSPS) is 13.3. The largest absolute Gasteiger partial charge is 0.496 e. The molecule has 0 fully saturated rings. The van der Waals surface area contributed by atoms with Crippen LogP contribution >= 0.6 is 11.6 Å². The minimum Gasteiger partial charge on any atom is -0.496 e. The van der Waals surface area contributed by atoms with Gasteiger partial charge in [-0.3, -0.25) is 0 Å². The average Bonchev–Trinajstić information content (AvgIpc) is 2.32. The summed E-state index contributed by atoms with van der Waals surface area (Å²) < 4.78 is 45.6. The number of hydrogen-bond acceptors (Lipinski definition) is 2. The first-order valence-corrected chi connectivity index (χ1v) is 6.62. The van der Waals surface area contributed by atoms with Crippen molar-refractivity contribution in [2.24, 2.45) is 0 Å². The molecule has 0 radical (unpaired) electrons. The van der Waals surface area contributed by atoms with Gasteiger partial charge in [0.15, 0.2) is 0 Å². The number of ether oxygens (including phenoxy) is 2. The zero-order valence-corrected chi connectivity index (χ0v) is 12.4. The lowest BCUT2D eigenvalue weighted by Gasteiger charge is -2.15. The molecule has 1 rings (SSSR count). The van der Waals surface area contributed by atoms with Gasteiger partial charge in [-0.05, 0) is 37.0 Å². The minimum atomic E-state index is -4.30. The molecule has 1 atom stereocenters. The Bertz CT molecular complexity index is 424. The molecular formula is C14H18ClF3O2. The van der Waals surface area contributed by atoms with Gasteiger partial charge in [0, 0.05) is 6.61 Å². The topological polar surface area (TPSA) is 18.5 Å². The van der Waals surface area contributed by atoms with Crippen LogP contribution in [-0.2, 0) is 4.74 Å². The van der Waals surface area contributed by atoms with Crippen molar-refractivity contribution in [3.8, 4) is 5.75 Å². The molecule has 0 aliphatic heterocycles. The van der Waals surface area contributed by atoms with Gasteiger partial charge in [0.25, 0.3) is 0 Å². The van der Waals surface area contributed by atoms with E-state index >= 15 is 0 Å². The van der Waals surface area contributed by atoms with Crippen molar-refractivity contribution in [3.05, 3.63) is 28.8 Å². The maximum atomic E-state index is 11.9. The van der Waals surface area contributed by atoms with E-state index in [1.54, 1.807) is 7.11 Å². The highest BCUT2D eigenvalue weighted by Crippen LogP contribution is 2.31. The quantitative estimate of drug-likeness (QED) is 0.566. The molecule has 0 heterocycles. The molecule has 6 heteroatoms. The molecule has 1 unspecified atom stereocenters. The Balaban J connectivity index is 2.58. The van der Waals surface area contributed by atoms with E-state index in [1.165, 1.54) is 0 Å². The van der Waals surface area contributed by atoms with Crippen LogP contribution in [-0.4, -0.2) is 26.5 Å². The maximum Gasteiger partial charge on any atom is 0.411 e. The number of methoxy groups -OCH3 is 1. The van der Waals surface area contributed by atoms with Gasteiger partial charge in [-0.25, -0.2) is 0 Å². The number of hydrogen-bond donors (Lipinski definition) is 0. The second kappa shape index (κ2) is 7.18. The van der Waals surface area contributed by atoms with Crippen molar-refractivity contribution in [2.75, 3.05) is 20.3 Å². The van der Waals surface area contributed by atoms with Gasteiger partial charge in [-0.2, -0.15) is 13.2 Å². The van der Waals surface area contributed by atoms with Crippen LogP contribution < -0.4 is 4.74 Å². The SMILES string of the molecule is COc1c(C)cc(C(Cl)CCOCC(F)(F)F)cc1C. The predicted octanol–water partition coefficient (Wildman–Crippen LogP) is 4.56. The first-order chi connectivity index (χ1) is 9.24. The summed E-state index contributed by atoms with van der Waals surface area (Å²) in [5.41, 5.74) is 2.76. The number of halogens is 4. The van der Waals surface area contributed by atoms with Crippen molar-refractivity contribution in [1.29, 1.82) is 0 Å². The third kappa shape index (κ3) is 5.21. The highest BCUT2D eigenvalue weighted by atomic mass is 35.5. The highest BCUT2D eigenvalue weighted by molar-refractivity contribution is 6.20. The monoisotopic (exact) mass is 310 g/mol. The van der Waals surface area contributed by atoms with Gasteiger partial charge in [-0.15, -0.1) is 11.6 Å². The van der Waals surface area contributed by atoms with Crippen LogP contribution in [0.3, 0.4) is 0 Å². The third-order valence-corrected chi connectivity index (χ3v) is 3.30. The number of benzene rings is 1. The molecule has 0 saturated heterocycles. The standard InChI is InChI=1S/C14H18ClF3O2/c1-9-6-11(7-10(2)13(9)19-3)12(15)4-5-20-8-14(16,17)18/h6-7,12H,4-5,8H2,1-3H3. The Morgan fingerprint density at radius 3 is 2.20 bits per heavy atom. The molecule has 0 spiro atoms. The van der Waals surface area contributed by atoms with Gasteiger partial charge in [-0.1, -0.05) is 12.1 Å². The van der Waals surface area contributed by atoms with E-state index in [9.17, 15) is 13.2 Å². The fourth-order valence-electron chi connectivity index (χ4n) is 2.03. The number of aryl methyl sites for hydroxylation is 2. The molecule has 1 aromatic rings. The Labute approximate surface area is 121 Å². The molecule has 114 valence electrons. The molecule has 0 aliphatic rings. The second-order valence-corrected chi connectivity index (χ2v) is 5.14. The van der Waals surface area contributed by atoms with Gasteiger partial charge in [0.2, 0.25) is 0 Å². The molecule has 0 N–H and O–H groups in total. The van der Waals surface area contributed by atoms with E-state index in [2.05, 4.69) is 4.74 Å². The average molecular weight is 311 g/mol. The van der Waals surface area contributed by atoms with Crippen LogP contribution in [0.1, 0.15) is 28.5 Å². The highest BCUT2D eigenvalue weighted by Gasteiger charge is 2.27. The zero-order valence-electron chi connectivity index (χ0n) is 11.7. The van der Waals surface area contributed by atoms with Gasteiger partial charge in [0.1, 0.15) is 12.4 Å². The molecular weight excluding hydrogens is 293 g/mol. The molecule has 0 aliphatic carbocycles. The lowest BCUT2D eigenvalue weighted by atomic mass is 10.0. The molecule has 1 aromatic carbocycles. The fourth-order valence-corrected chi connectivity index (χ4v) is 2.24. The minimum absolute atomic E-state index is 0.0300. The Morgan fingerprint density at radius 2 is 1.75 bits per heavy atom. The third-order valence-electron chi connectivity index (χ3n) is 2.83. The van der Waals surface area contributed by atoms with Crippen LogP contribution in [0.15, 0.2) is 12.1 Å². The smallest absolute Gasteiger partial charge is 0.411 e. The van der Waals surface area contributed by atoms with E-state index in [0.717, 1.165) is 22.4 Å². The summed E-state index contributed by atoms with van der Waals surface area (Å²) in [6, 6.07) is 3.76. The van der Waals surface area contributed by atoms with Crippen LogP contribution in [0.2, 0.25) is 0 Å². The molecule has 0 aromatic heterocycles. The summed E-state index contributed by atoms with van der Waals surface area (Å²) in [5, 5.41) is -0.383. The van der Waals surface area contributed by atoms with E-state index in [-0.39, 0.29) is 12.0 Å². The van der Waals surface area contributed by atoms with Crippen molar-refractivity contribution in [1.82, 2.24) is 0 Å². The molecule has 0 amide bonds. The van der Waals surface area contributed by atoms with Crippen molar-refractivity contribution >= 4 is 11.6 Å². The molecule has 20 heavy (non-hydrogen) atoms. The maximum absolute atomic E-state index is 11.9. The summed E-state index contributed by atoms with van der Waals surface area (Å²) in [6.07, 6.45) is -3.97. The van der Waals surface area contributed by atoms with E-state index in [0.29, 0.717) is 6.42 Å². The van der Waals surface area contributed by atoms with E-state index < -0.39 is 12.8 Å². The number of alkyl halides is 4. The zero-order chi connectivity index (χ0) is 15.3. The van der Waals surface area contributed by atoms with Gasteiger partial charge < -0.3 is 9.47 Å². The first-order valence-electron chi connectivity index (χ1n) is 6.18. The lowest BCUT2D eigenvalue weighted by Crippen LogP contribution is -2.17. The van der Waals surface area contributed by atoms with Gasteiger partial charge >= 0.3 is 6.18 Å². The first kappa shape index (κ1) is 17.1. The Hall–Kier alpha value is -0.940. The molecule has 0 bridgehead atoms. The van der Waals surface area contributed by atoms with Crippen LogP contribution in [0, 0.1) is 13.8 Å². The molecule has 0 saturated carbocycles.